The molecule has 0 atom stereocenters. The Morgan fingerprint density at radius 1 is 1.36 bits per heavy atom. The number of ether oxygens (including phenoxy) is 1. The van der Waals surface area contributed by atoms with E-state index in [0.717, 1.165) is 11.3 Å². The van der Waals surface area contributed by atoms with Crippen molar-refractivity contribution in [1.82, 2.24) is 9.55 Å². The van der Waals surface area contributed by atoms with Gasteiger partial charge in [-0.05, 0) is 42.5 Å². The Bertz CT molecular complexity index is 946. The molecule has 130 valence electrons. The number of nitrogens with zero attached hydrogens (tertiary/aromatic N) is 3. The van der Waals surface area contributed by atoms with Crippen molar-refractivity contribution in [2.45, 2.75) is 19.9 Å². The van der Waals surface area contributed by atoms with Crippen LogP contribution in [0.1, 0.15) is 16.9 Å². The fourth-order valence-corrected chi connectivity index (χ4v) is 3.28. The molecule has 0 bridgehead atoms. The molecule has 0 aliphatic heterocycles. The molecule has 1 N–H and O–H groups in total. The summed E-state index contributed by atoms with van der Waals surface area (Å²) >= 11 is 1.62. The van der Waals surface area contributed by atoms with Gasteiger partial charge in [0.25, 0.3) is 5.56 Å². The molecule has 3 aromatic rings. The summed E-state index contributed by atoms with van der Waals surface area (Å²) in [6.45, 7) is 3.13. The van der Waals surface area contributed by atoms with Gasteiger partial charge in [-0.1, -0.05) is 12.1 Å². The highest BCUT2D eigenvalue weighted by molar-refractivity contribution is 7.11. The third kappa shape index (κ3) is 3.94. The monoisotopic (exact) mass is 356 g/mol. The van der Waals surface area contributed by atoms with Gasteiger partial charge >= 0.3 is 0 Å². The maximum absolute atomic E-state index is 12.8. The summed E-state index contributed by atoms with van der Waals surface area (Å²) in [6, 6.07) is 9.37. The van der Waals surface area contributed by atoms with Crippen LogP contribution in [0.25, 0.3) is 10.9 Å². The number of benzene rings is 1. The van der Waals surface area contributed by atoms with Crippen LogP contribution in [-0.4, -0.2) is 29.5 Å². The van der Waals surface area contributed by atoms with E-state index in [1.165, 1.54) is 5.56 Å². The lowest BCUT2D eigenvalue weighted by Crippen LogP contribution is -2.24. The molecular weight excluding hydrogens is 336 g/mol. The molecule has 0 fully saturated rings. The lowest BCUT2D eigenvalue weighted by Gasteiger charge is -2.12. The van der Waals surface area contributed by atoms with Crippen LogP contribution in [0.5, 0.6) is 0 Å². The predicted molar refractivity (Wildman–Crippen MR) is 103 cm³/mol. The van der Waals surface area contributed by atoms with Crippen molar-refractivity contribution in [1.29, 1.82) is 0 Å². The highest BCUT2D eigenvalue weighted by atomic mass is 32.1. The minimum absolute atomic E-state index is 0.0771. The van der Waals surface area contributed by atoms with Crippen molar-refractivity contribution >= 4 is 34.4 Å². The topological polar surface area (TPSA) is 68.5 Å². The van der Waals surface area contributed by atoms with Crippen molar-refractivity contribution in [3.63, 3.8) is 0 Å². The third-order valence-electron chi connectivity index (χ3n) is 3.84. The zero-order valence-corrected chi connectivity index (χ0v) is 15.0. The van der Waals surface area contributed by atoms with E-state index in [2.05, 4.69) is 15.5 Å². The fraction of sp³-hybridized carbons (Fsp3) is 0.278. The molecule has 0 spiro atoms. The van der Waals surface area contributed by atoms with Crippen molar-refractivity contribution < 1.29 is 4.74 Å². The quantitative estimate of drug-likeness (QED) is 0.401. The number of hydrogen-bond donors (Lipinski definition) is 1. The van der Waals surface area contributed by atoms with Gasteiger partial charge in [-0.3, -0.25) is 9.36 Å². The van der Waals surface area contributed by atoms with Gasteiger partial charge in [0, 0.05) is 25.1 Å². The second kappa shape index (κ2) is 8.04. The first kappa shape index (κ1) is 17.3. The number of aryl methyl sites for hydroxylation is 1. The molecule has 0 saturated heterocycles. The molecule has 2 heterocycles. The van der Waals surface area contributed by atoms with Gasteiger partial charge in [0.15, 0.2) is 0 Å². The molecule has 0 saturated carbocycles. The number of thiophene rings is 1. The minimum atomic E-state index is -0.0771. The number of hydrogen-bond acceptors (Lipinski definition) is 6. The van der Waals surface area contributed by atoms with Gasteiger partial charge in [0.1, 0.15) is 0 Å². The van der Waals surface area contributed by atoms with Crippen molar-refractivity contribution in [3.05, 3.63) is 56.5 Å². The van der Waals surface area contributed by atoms with E-state index in [9.17, 15) is 4.79 Å². The number of hydrazone groups is 1. The van der Waals surface area contributed by atoms with E-state index in [1.54, 1.807) is 35.3 Å². The highest BCUT2D eigenvalue weighted by Crippen LogP contribution is 2.14. The normalized spacial score (nSPS) is 11.4. The Morgan fingerprint density at radius 2 is 2.20 bits per heavy atom. The Hall–Kier alpha value is -2.51. The molecule has 0 aliphatic carbocycles. The molecule has 25 heavy (non-hydrogen) atoms. The van der Waals surface area contributed by atoms with E-state index in [0.29, 0.717) is 30.0 Å². The van der Waals surface area contributed by atoms with Crippen molar-refractivity contribution in [2.75, 3.05) is 19.1 Å². The van der Waals surface area contributed by atoms with E-state index in [1.807, 2.05) is 36.6 Å². The van der Waals surface area contributed by atoms with Crippen LogP contribution < -0.4 is 11.0 Å². The molecule has 3 rings (SSSR count). The van der Waals surface area contributed by atoms with Gasteiger partial charge in [-0.2, -0.15) is 5.10 Å². The van der Waals surface area contributed by atoms with Crippen LogP contribution in [0.3, 0.4) is 0 Å². The summed E-state index contributed by atoms with van der Waals surface area (Å²) in [7, 11) is 1.65. The summed E-state index contributed by atoms with van der Waals surface area (Å²) < 4.78 is 6.70. The molecule has 2 aromatic heterocycles. The summed E-state index contributed by atoms with van der Waals surface area (Å²) in [4.78, 5) is 18.4. The summed E-state index contributed by atoms with van der Waals surface area (Å²) in [6.07, 6.45) is 2.47. The number of rotatable bonds is 7. The maximum atomic E-state index is 12.8. The van der Waals surface area contributed by atoms with Crippen LogP contribution in [-0.2, 0) is 11.3 Å². The maximum Gasteiger partial charge on any atom is 0.262 e. The number of anilines is 1. The van der Waals surface area contributed by atoms with E-state index < -0.39 is 0 Å². The Balaban J connectivity index is 1.93. The summed E-state index contributed by atoms with van der Waals surface area (Å²) in [5.74, 6) is 0.435. The molecule has 0 amide bonds. The molecule has 0 aliphatic rings. The number of methoxy groups -OCH3 is 1. The SMILES string of the molecule is COCCCn1c(N/N=C\c2sccc2C)nc2ccccc2c1=O. The average molecular weight is 356 g/mol. The Labute approximate surface area is 149 Å². The minimum Gasteiger partial charge on any atom is -0.385 e. The van der Waals surface area contributed by atoms with Gasteiger partial charge in [-0.25, -0.2) is 10.4 Å². The highest BCUT2D eigenvalue weighted by Gasteiger charge is 2.10. The van der Waals surface area contributed by atoms with Gasteiger partial charge in [0.05, 0.1) is 17.1 Å². The van der Waals surface area contributed by atoms with E-state index in [4.69, 9.17) is 4.74 Å². The number of aromatic nitrogens is 2. The first-order valence-corrected chi connectivity index (χ1v) is 8.90. The van der Waals surface area contributed by atoms with Crippen molar-refractivity contribution in [2.24, 2.45) is 5.10 Å². The second-order valence-corrected chi connectivity index (χ2v) is 6.54. The largest absolute Gasteiger partial charge is 0.385 e. The molecule has 0 radical (unpaired) electrons. The number of para-hydroxylation sites is 1. The van der Waals surface area contributed by atoms with Crippen LogP contribution in [0.2, 0.25) is 0 Å². The first-order chi connectivity index (χ1) is 12.2. The van der Waals surface area contributed by atoms with Crippen LogP contribution in [0.15, 0.2) is 45.6 Å². The lowest BCUT2D eigenvalue weighted by molar-refractivity contribution is 0.190. The lowest BCUT2D eigenvalue weighted by atomic mass is 10.2. The molecule has 7 heteroatoms. The molecule has 1 aromatic carbocycles. The van der Waals surface area contributed by atoms with E-state index >= 15 is 0 Å². The van der Waals surface area contributed by atoms with Crippen LogP contribution in [0, 0.1) is 6.92 Å². The van der Waals surface area contributed by atoms with Gasteiger partial charge in [-0.15, -0.1) is 11.3 Å². The van der Waals surface area contributed by atoms with E-state index in [-0.39, 0.29) is 5.56 Å². The second-order valence-electron chi connectivity index (χ2n) is 5.59. The van der Waals surface area contributed by atoms with Gasteiger partial charge in [0.2, 0.25) is 5.95 Å². The Kier molecular flexibility index (Phi) is 5.57. The van der Waals surface area contributed by atoms with Gasteiger partial charge < -0.3 is 4.74 Å². The smallest absolute Gasteiger partial charge is 0.262 e. The Morgan fingerprint density at radius 3 is 2.96 bits per heavy atom. The molecule has 0 unspecified atom stereocenters. The van der Waals surface area contributed by atoms with Crippen LogP contribution >= 0.6 is 11.3 Å². The average Bonchev–Trinajstić information content (AvgIpc) is 3.03. The zero-order chi connectivity index (χ0) is 17.6. The summed E-state index contributed by atoms with van der Waals surface area (Å²) in [5, 5.41) is 6.88. The fourth-order valence-electron chi connectivity index (χ4n) is 2.49. The summed E-state index contributed by atoms with van der Waals surface area (Å²) in [5.41, 5.74) is 4.67. The third-order valence-corrected chi connectivity index (χ3v) is 4.79. The predicted octanol–water partition coefficient (Wildman–Crippen LogP) is 3.25. The van der Waals surface area contributed by atoms with Crippen molar-refractivity contribution in [3.8, 4) is 0 Å². The number of fused-ring (bicyclic) bond motifs is 1. The van der Waals surface area contributed by atoms with Crippen LogP contribution in [0.4, 0.5) is 5.95 Å². The molecular formula is C18H20N4O2S. The standard InChI is InChI=1S/C18H20N4O2S/c1-13-8-11-25-16(13)12-19-21-18-20-15-7-4-3-6-14(15)17(23)22(18)9-5-10-24-2/h3-4,6-8,11-12H,5,9-10H2,1-2H3,(H,20,21)/b19-12-. The first-order valence-electron chi connectivity index (χ1n) is 8.02. The molecule has 6 nitrogen and oxygen atoms in total. The zero-order valence-electron chi connectivity index (χ0n) is 14.2. The number of nitrogens with one attached hydrogen (secondary N) is 1.